The molecule has 0 spiro atoms. The summed E-state index contributed by atoms with van der Waals surface area (Å²) >= 11 is 0. The highest BCUT2D eigenvalue weighted by Crippen LogP contribution is 2.24. The lowest BCUT2D eigenvalue weighted by Gasteiger charge is -2.10. The standard InChI is InChI=1S/C15H15NO3/c1-3-19-13-9-5-4-7-11(13)14(17)12-8-6-10-16-15(12)18-2/h4-10H,3H2,1-2H3. The second kappa shape index (κ2) is 6.00. The average molecular weight is 257 g/mol. The van der Waals surface area contributed by atoms with Crippen molar-refractivity contribution in [3.8, 4) is 11.6 Å². The molecular weight excluding hydrogens is 242 g/mol. The van der Waals surface area contributed by atoms with E-state index in [9.17, 15) is 4.79 Å². The van der Waals surface area contributed by atoms with Crippen LogP contribution in [0.1, 0.15) is 22.8 Å². The molecule has 0 aliphatic carbocycles. The molecule has 19 heavy (non-hydrogen) atoms. The number of aromatic nitrogens is 1. The summed E-state index contributed by atoms with van der Waals surface area (Å²) in [5, 5.41) is 0. The SMILES string of the molecule is CCOc1ccccc1C(=O)c1cccnc1OC. The molecule has 0 N–H and O–H groups in total. The lowest BCUT2D eigenvalue weighted by molar-refractivity contribution is 0.103. The van der Waals surface area contributed by atoms with Crippen molar-refractivity contribution in [1.82, 2.24) is 4.98 Å². The number of benzene rings is 1. The molecule has 2 aromatic rings. The highest BCUT2D eigenvalue weighted by atomic mass is 16.5. The summed E-state index contributed by atoms with van der Waals surface area (Å²) < 4.78 is 10.6. The number of carbonyl (C=O) groups excluding carboxylic acids is 1. The van der Waals surface area contributed by atoms with E-state index in [1.54, 1.807) is 36.5 Å². The molecule has 0 aliphatic heterocycles. The van der Waals surface area contributed by atoms with Gasteiger partial charge in [0.1, 0.15) is 5.75 Å². The Morgan fingerprint density at radius 1 is 1.16 bits per heavy atom. The van der Waals surface area contributed by atoms with Gasteiger partial charge in [0.25, 0.3) is 0 Å². The Bertz CT molecular complexity index is 581. The van der Waals surface area contributed by atoms with Gasteiger partial charge in [0.2, 0.25) is 11.7 Å². The van der Waals surface area contributed by atoms with Gasteiger partial charge in [0.05, 0.1) is 24.8 Å². The minimum atomic E-state index is -0.158. The minimum absolute atomic E-state index is 0.158. The zero-order valence-corrected chi connectivity index (χ0v) is 10.9. The van der Waals surface area contributed by atoms with Crippen LogP contribution in [0, 0.1) is 0 Å². The van der Waals surface area contributed by atoms with Crippen LogP contribution in [0.5, 0.6) is 11.6 Å². The fraction of sp³-hybridized carbons (Fsp3) is 0.200. The number of hydrogen-bond acceptors (Lipinski definition) is 4. The molecule has 0 unspecified atom stereocenters. The van der Waals surface area contributed by atoms with Gasteiger partial charge in [0, 0.05) is 6.20 Å². The van der Waals surface area contributed by atoms with E-state index in [0.717, 1.165) is 0 Å². The Balaban J connectivity index is 2.44. The molecule has 0 saturated carbocycles. The normalized spacial score (nSPS) is 10.0. The van der Waals surface area contributed by atoms with E-state index in [0.29, 0.717) is 29.4 Å². The van der Waals surface area contributed by atoms with Crippen molar-refractivity contribution in [2.24, 2.45) is 0 Å². The van der Waals surface area contributed by atoms with Crippen LogP contribution >= 0.6 is 0 Å². The number of para-hydroxylation sites is 1. The Kier molecular flexibility index (Phi) is 4.13. The molecule has 0 fully saturated rings. The molecule has 1 aromatic carbocycles. The molecule has 0 saturated heterocycles. The van der Waals surface area contributed by atoms with E-state index in [4.69, 9.17) is 9.47 Å². The van der Waals surface area contributed by atoms with E-state index < -0.39 is 0 Å². The molecule has 4 heteroatoms. The number of ketones is 1. The molecule has 0 atom stereocenters. The third-order valence-corrected chi connectivity index (χ3v) is 2.64. The summed E-state index contributed by atoms with van der Waals surface area (Å²) in [6.07, 6.45) is 1.59. The maximum absolute atomic E-state index is 12.5. The number of carbonyl (C=O) groups is 1. The Morgan fingerprint density at radius 2 is 1.89 bits per heavy atom. The summed E-state index contributed by atoms with van der Waals surface area (Å²) in [5.41, 5.74) is 0.938. The van der Waals surface area contributed by atoms with Gasteiger partial charge < -0.3 is 9.47 Å². The molecule has 0 radical (unpaired) electrons. The van der Waals surface area contributed by atoms with Gasteiger partial charge >= 0.3 is 0 Å². The number of rotatable bonds is 5. The number of hydrogen-bond donors (Lipinski definition) is 0. The van der Waals surface area contributed by atoms with Crippen LogP contribution in [-0.4, -0.2) is 24.5 Å². The van der Waals surface area contributed by atoms with Gasteiger partial charge in [-0.3, -0.25) is 4.79 Å². The maximum Gasteiger partial charge on any atom is 0.224 e. The van der Waals surface area contributed by atoms with E-state index >= 15 is 0 Å². The molecule has 0 amide bonds. The molecular formula is C15H15NO3. The summed E-state index contributed by atoms with van der Waals surface area (Å²) in [7, 11) is 1.49. The largest absolute Gasteiger partial charge is 0.493 e. The third-order valence-electron chi connectivity index (χ3n) is 2.64. The van der Waals surface area contributed by atoms with E-state index in [1.165, 1.54) is 7.11 Å². The Hall–Kier alpha value is -2.36. The lowest BCUT2D eigenvalue weighted by Crippen LogP contribution is -2.07. The predicted molar refractivity (Wildman–Crippen MR) is 71.8 cm³/mol. The average Bonchev–Trinajstić information content (AvgIpc) is 2.47. The van der Waals surface area contributed by atoms with Gasteiger partial charge in [0.15, 0.2) is 0 Å². The topological polar surface area (TPSA) is 48.4 Å². The van der Waals surface area contributed by atoms with Crippen LogP contribution in [0.15, 0.2) is 42.6 Å². The van der Waals surface area contributed by atoms with Crippen molar-refractivity contribution in [2.45, 2.75) is 6.92 Å². The van der Waals surface area contributed by atoms with Crippen molar-refractivity contribution in [2.75, 3.05) is 13.7 Å². The number of pyridine rings is 1. The molecule has 1 heterocycles. The van der Waals surface area contributed by atoms with Crippen LogP contribution in [-0.2, 0) is 0 Å². The summed E-state index contributed by atoms with van der Waals surface area (Å²) in [6, 6.07) is 10.6. The second-order valence-corrected chi connectivity index (χ2v) is 3.82. The van der Waals surface area contributed by atoms with Crippen LogP contribution in [0.3, 0.4) is 0 Å². The summed E-state index contributed by atoms with van der Waals surface area (Å²) in [6.45, 7) is 2.39. The molecule has 98 valence electrons. The predicted octanol–water partition coefficient (Wildman–Crippen LogP) is 2.72. The minimum Gasteiger partial charge on any atom is -0.493 e. The van der Waals surface area contributed by atoms with Crippen molar-refractivity contribution >= 4 is 5.78 Å². The Morgan fingerprint density at radius 3 is 2.63 bits per heavy atom. The first-order chi connectivity index (χ1) is 9.27. The smallest absolute Gasteiger partial charge is 0.224 e. The zero-order valence-electron chi connectivity index (χ0n) is 10.9. The summed E-state index contributed by atoms with van der Waals surface area (Å²) in [4.78, 5) is 16.6. The Labute approximate surface area is 112 Å². The van der Waals surface area contributed by atoms with Crippen LogP contribution in [0.25, 0.3) is 0 Å². The lowest BCUT2D eigenvalue weighted by atomic mass is 10.0. The van der Waals surface area contributed by atoms with Gasteiger partial charge in [-0.15, -0.1) is 0 Å². The maximum atomic E-state index is 12.5. The number of ether oxygens (including phenoxy) is 2. The molecule has 1 aromatic heterocycles. The fourth-order valence-electron chi connectivity index (χ4n) is 1.81. The van der Waals surface area contributed by atoms with Crippen LogP contribution < -0.4 is 9.47 Å². The first-order valence-electron chi connectivity index (χ1n) is 6.03. The van der Waals surface area contributed by atoms with Gasteiger partial charge in [-0.05, 0) is 31.2 Å². The molecule has 4 nitrogen and oxygen atoms in total. The van der Waals surface area contributed by atoms with E-state index in [2.05, 4.69) is 4.98 Å². The quantitative estimate of drug-likeness (QED) is 0.773. The van der Waals surface area contributed by atoms with Gasteiger partial charge in [-0.25, -0.2) is 4.98 Å². The number of nitrogens with zero attached hydrogens (tertiary/aromatic N) is 1. The third kappa shape index (κ3) is 2.73. The van der Waals surface area contributed by atoms with Crippen molar-refractivity contribution in [3.63, 3.8) is 0 Å². The zero-order chi connectivity index (χ0) is 13.7. The van der Waals surface area contributed by atoms with Crippen molar-refractivity contribution in [3.05, 3.63) is 53.7 Å². The van der Waals surface area contributed by atoms with Crippen LogP contribution in [0.4, 0.5) is 0 Å². The molecule has 0 aliphatic rings. The first kappa shape index (κ1) is 13.1. The fourth-order valence-corrected chi connectivity index (χ4v) is 1.81. The first-order valence-corrected chi connectivity index (χ1v) is 6.03. The highest BCUT2D eigenvalue weighted by Gasteiger charge is 2.18. The number of methoxy groups -OCH3 is 1. The molecule has 2 rings (SSSR count). The van der Waals surface area contributed by atoms with Crippen molar-refractivity contribution in [1.29, 1.82) is 0 Å². The van der Waals surface area contributed by atoms with Crippen molar-refractivity contribution < 1.29 is 14.3 Å². The van der Waals surface area contributed by atoms with Gasteiger partial charge in [-0.1, -0.05) is 12.1 Å². The summed E-state index contributed by atoms with van der Waals surface area (Å²) in [5.74, 6) is 0.730. The monoisotopic (exact) mass is 257 g/mol. The van der Waals surface area contributed by atoms with E-state index in [1.807, 2.05) is 13.0 Å². The van der Waals surface area contributed by atoms with Gasteiger partial charge in [-0.2, -0.15) is 0 Å². The highest BCUT2D eigenvalue weighted by molar-refractivity contribution is 6.12. The van der Waals surface area contributed by atoms with Crippen LogP contribution in [0.2, 0.25) is 0 Å². The second-order valence-electron chi connectivity index (χ2n) is 3.82. The molecule has 0 bridgehead atoms. The van der Waals surface area contributed by atoms with E-state index in [-0.39, 0.29) is 5.78 Å².